The van der Waals surface area contributed by atoms with Crippen LogP contribution in [0, 0.1) is 27.7 Å². The van der Waals surface area contributed by atoms with E-state index in [0.717, 1.165) is 29.7 Å². The number of nitrogens with one attached hydrogen (secondary N) is 1. The first-order valence-corrected chi connectivity index (χ1v) is 18.3. The summed E-state index contributed by atoms with van der Waals surface area (Å²) >= 11 is 0. The first kappa shape index (κ1) is 32.5. The van der Waals surface area contributed by atoms with E-state index in [2.05, 4.69) is 154 Å². The van der Waals surface area contributed by atoms with Crippen molar-refractivity contribution in [1.29, 1.82) is 0 Å². The van der Waals surface area contributed by atoms with E-state index in [1.54, 1.807) is 0 Å². The first-order valence-electron chi connectivity index (χ1n) is 18.3. The van der Waals surface area contributed by atoms with Crippen LogP contribution < -0.4 is 0 Å². The highest BCUT2D eigenvalue weighted by Crippen LogP contribution is 2.45. The molecule has 1 N–H and O–H groups in total. The molecule has 0 fully saturated rings. The van der Waals surface area contributed by atoms with Gasteiger partial charge in [-0.1, -0.05) is 139 Å². The number of nitrogens with zero attached hydrogens (tertiary/aromatic N) is 1. The lowest BCUT2D eigenvalue weighted by atomic mass is 9.84. The third-order valence-corrected chi connectivity index (χ3v) is 10.2. The minimum Gasteiger partial charge on any atom is -0.354 e. The Bertz CT molecular complexity index is 2590. The zero-order valence-corrected chi connectivity index (χ0v) is 30.5. The molecule has 1 aliphatic rings. The number of aryl methyl sites for hydroxylation is 5. The van der Waals surface area contributed by atoms with Crippen LogP contribution in [-0.2, 0) is 6.42 Å². The molecule has 2 heteroatoms. The Morgan fingerprint density at radius 3 is 1.75 bits per heavy atom. The summed E-state index contributed by atoms with van der Waals surface area (Å²) in [7, 11) is 0. The van der Waals surface area contributed by atoms with Gasteiger partial charge in [0.05, 0.1) is 11.2 Å². The number of benzene rings is 6. The Hall–Kier alpha value is -5.73. The van der Waals surface area contributed by atoms with Crippen molar-refractivity contribution in [3.8, 4) is 44.6 Å². The van der Waals surface area contributed by atoms with Crippen molar-refractivity contribution in [2.75, 3.05) is 0 Å². The maximum atomic E-state index is 5.09. The molecule has 2 aromatic heterocycles. The standard InChI is InChI=1S/C47H38N2.C2H6/c1-28-20-29(2)23-34(22-28)45-38-11-5-6-12-39(38)46(35-24-30(3)21-31(4)25-35)42-26-32(16-18-40(42)45)43-19-17-33(27-48-43)36-13-9-14-41-37-10-7-8-15-44(37)49-47(36)41;1-2/h5-6,8-9,11-27,49H,7,10H2,1-4H3;1-2H3. The zero-order chi connectivity index (χ0) is 35.2. The maximum Gasteiger partial charge on any atom is 0.0702 e. The number of hydrogen-bond acceptors (Lipinski definition) is 1. The number of rotatable bonds is 4. The average molecular weight is 661 g/mol. The lowest BCUT2D eigenvalue weighted by molar-refractivity contribution is 0.992. The molecule has 8 aromatic rings. The highest BCUT2D eigenvalue weighted by molar-refractivity contribution is 6.22. The summed E-state index contributed by atoms with van der Waals surface area (Å²) in [6.07, 6.45) is 8.70. The molecule has 0 saturated heterocycles. The molecule has 2 heterocycles. The Morgan fingerprint density at radius 1 is 0.529 bits per heavy atom. The minimum absolute atomic E-state index is 0.971. The number of allylic oxidation sites excluding steroid dienone is 1. The third kappa shape index (κ3) is 5.75. The molecule has 9 rings (SSSR count). The van der Waals surface area contributed by atoms with Crippen LogP contribution in [0.3, 0.4) is 0 Å². The van der Waals surface area contributed by atoms with E-state index < -0.39 is 0 Å². The van der Waals surface area contributed by atoms with Crippen LogP contribution in [0.2, 0.25) is 0 Å². The van der Waals surface area contributed by atoms with Crippen LogP contribution in [0.4, 0.5) is 0 Å². The molecular weight excluding hydrogens is 617 g/mol. The number of H-pyrrole nitrogens is 1. The van der Waals surface area contributed by atoms with Crippen molar-refractivity contribution < 1.29 is 0 Å². The van der Waals surface area contributed by atoms with Gasteiger partial charge < -0.3 is 4.98 Å². The van der Waals surface area contributed by atoms with Gasteiger partial charge in [-0.05, 0) is 108 Å². The van der Waals surface area contributed by atoms with E-state index in [1.807, 2.05) is 20.0 Å². The van der Waals surface area contributed by atoms with Gasteiger partial charge in [0.25, 0.3) is 0 Å². The largest absolute Gasteiger partial charge is 0.354 e. The second-order valence-electron chi connectivity index (χ2n) is 13.9. The smallest absolute Gasteiger partial charge is 0.0702 e. The summed E-state index contributed by atoms with van der Waals surface area (Å²) in [4.78, 5) is 8.79. The van der Waals surface area contributed by atoms with Crippen LogP contribution in [0.15, 0.2) is 121 Å². The average Bonchev–Trinajstić information content (AvgIpc) is 3.53. The molecular formula is C49H44N2. The number of fused-ring (bicyclic) bond motifs is 5. The van der Waals surface area contributed by atoms with Crippen molar-refractivity contribution in [2.45, 2.75) is 54.4 Å². The van der Waals surface area contributed by atoms with Crippen LogP contribution in [0.5, 0.6) is 0 Å². The number of aromatic nitrogens is 2. The van der Waals surface area contributed by atoms with Gasteiger partial charge in [-0.3, -0.25) is 4.98 Å². The summed E-state index contributed by atoms with van der Waals surface area (Å²) in [6.45, 7) is 12.8. The molecule has 0 spiro atoms. The van der Waals surface area contributed by atoms with E-state index in [-0.39, 0.29) is 0 Å². The van der Waals surface area contributed by atoms with E-state index in [9.17, 15) is 0 Å². The van der Waals surface area contributed by atoms with Crippen molar-refractivity contribution in [1.82, 2.24) is 9.97 Å². The van der Waals surface area contributed by atoms with Gasteiger partial charge >= 0.3 is 0 Å². The van der Waals surface area contributed by atoms with Gasteiger partial charge in [0.15, 0.2) is 0 Å². The lowest BCUT2D eigenvalue weighted by Gasteiger charge is -2.20. The zero-order valence-electron chi connectivity index (χ0n) is 30.5. The first-order chi connectivity index (χ1) is 24.9. The topological polar surface area (TPSA) is 28.7 Å². The maximum absolute atomic E-state index is 5.09. The fourth-order valence-corrected chi connectivity index (χ4v) is 8.30. The van der Waals surface area contributed by atoms with Gasteiger partial charge in [0.2, 0.25) is 0 Å². The Labute approximate surface area is 301 Å². The lowest BCUT2D eigenvalue weighted by Crippen LogP contribution is -1.94. The number of hydrogen-bond donors (Lipinski definition) is 1. The highest BCUT2D eigenvalue weighted by atomic mass is 14.7. The van der Waals surface area contributed by atoms with Gasteiger partial charge in [-0.25, -0.2) is 0 Å². The van der Waals surface area contributed by atoms with E-state index >= 15 is 0 Å². The second-order valence-corrected chi connectivity index (χ2v) is 13.9. The molecule has 2 nitrogen and oxygen atoms in total. The number of para-hydroxylation sites is 1. The Morgan fingerprint density at radius 2 is 1.12 bits per heavy atom. The second kappa shape index (κ2) is 13.2. The number of pyridine rings is 1. The predicted octanol–water partition coefficient (Wildman–Crippen LogP) is 13.8. The highest BCUT2D eigenvalue weighted by Gasteiger charge is 2.19. The quantitative estimate of drug-likeness (QED) is 0.187. The minimum atomic E-state index is 0.971. The van der Waals surface area contributed by atoms with Crippen LogP contribution in [-0.4, -0.2) is 9.97 Å². The van der Waals surface area contributed by atoms with Crippen molar-refractivity contribution in [2.24, 2.45) is 0 Å². The van der Waals surface area contributed by atoms with Crippen LogP contribution in [0.25, 0.3) is 83.2 Å². The molecule has 0 unspecified atom stereocenters. The van der Waals surface area contributed by atoms with Crippen molar-refractivity contribution in [3.05, 3.63) is 155 Å². The molecule has 0 saturated carbocycles. The molecule has 51 heavy (non-hydrogen) atoms. The Kier molecular flexibility index (Phi) is 8.40. The molecule has 0 amide bonds. The van der Waals surface area contributed by atoms with E-state index in [0.29, 0.717) is 0 Å². The molecule has 0 aliphatic heterocycles. The summed E-state index contributed by atoms with van der Waals surface area (Å²) in [5.41, 5.74) is 18.4. The molecule has 6 aromatic carbocycles. The fourth-order valence-electron chi connectivity index (χ4n) is 8.30. The van der Waals surface area contributed by atoms with Gasteiger partial charge in [0, 0.05) is 34.0 Å². The third-order valence-electron chi connectivity index (χ3n) is 10.2. The molecule has 250 valence electrons. The SMILES string of the molecule is CC.Cc1cc(C)cc(-c2c3ccccc3c(-c3cc(C)cc(C)c3)c3cc(-c4ccc(-c5cccc6c7c([nH]c56)C=CCC7)cn4)ccc23)c1. The van der Waals surface area contributed by atoms with Crippen LogP contribution >= 0.6 is 0 Å². The molecule has 0 bridgehead atoms. The predicted molar refractivity (Wildman–Crippen MR) is 221 cm³/mol. The normalized spacial score (nSPS) is 12.3. The van der Waals surface area contributed by atoms with E-state index in [1.165, 1.54) is 93.8 Å². The molecule has 1 aliphatic carbocycles. The monoisotopic (exact) mass is 660 g/mol. The number of aromatic amines is 1. The summed E-state index contributed by atoms with van der Waals surface area (Å²) in [6, 6.07) is 40.7. The summed E-state index contributed by atoms with van der Waals surface area (Å²) in [5, 5.41) is 6.37. The van der Waals surface area contributed by atoms with E-state index in [4.69, 9.17) is 4.98 Å². The molecule has 0 atom stereocenters. The van der Waals surface area contributed by atoms with Crippen molar-refractivity contribution in [3.63, 3.8) is 0 Å². The van der Waals surface area contributed by atoms with Crippen LogP contribution in [0.1, 0.15) is 53.8 Å². The van der Waals surface area contributed by atoms with Gasteiger partial charge in [0.1, 0.15) is 0 Å². The summed E-state index contributed by atoms with van der Waals surface area (Å²) in [5.74, 6) is 0. The Balaban J connectivity index is 0.00000184. The fraction of sp³-hybridized carbons (Fsp3) is 0.163. The summed E-state index contributed by atoms with van der Waals surface area (Å²) < 4.78 is 0. The van der Waals surface area contributed by atoms with Gasteiger partial charge in [-0.2, -0.15) is 0 Å². The van der Waals surface area contributed by atoms with Crippen molar-refractivity contribution >= 4 is 38.5 Å². The van der Waals surface area contributed by atoms with Gasteiger partial charge in [-0.15, -0.1) is 0 Å². The molecule has 0 radical (unpaired) electrons.